The second kappa shape index (κ2) is 48.0. The smallest absolute Gasteiger partial charge is 0.343 e. The normalized spacial score (nSPS) is 11.2. The lowest BCUT2D eigenvalue weighted by Gasteiger charge is -2.19. The van der Waals surface area contributed by atoms with Crippen LogP contribution in [0.25, 0.3) is 11.1 Å². The summed E-state index contributed by atoms with van der Waals surface area (Å²) >= 11 is 0. The van der Waals surface area contributed by atoms with Crippen LogP contribution in [0.3, 0.4) is 0 Å². The first-order valence-corrected chi connectivity index (χ1v) is 35.6. The number of ether oxygens (including phenoxy) is 7. The van der Waals surface area contributed by atoms with Gasteiger partial charge in [0.15, 0.2) is 11.5 Å². The SMILES string of the molecule is CCCCCCCCCCCCOc1cc(C(=O)Oc2ccc(-c3ccc(OC(=O)c4ccc(OCc5ccc(OCCCCCCCCCC)cc5)cc4)cc3)cc2)cc(OCCCCCCCCCCCC)c1OCCCCCCCCCCCC. The van der Waals surface area contributed by atoms with Gasteiger partial charge in [0.25, 0.3) is 0 Å². The second-order valence-electron chi connectivity index (χ2n) is 24.5. The van der Waals surface area contributed by atoms with E-state index in [4.69, 9.17) is 33.2 Å². The van der Waals surface area contributed by atoms with Gasteiger partial charge < -0.3 is 33.2 Å². The number of esters is 2. The third kappa shape index (κ3) is 32.0. The summed E-state index contributed by atoms with van der Waals surface area (Å²) in [5.41, 5.74) is 3.65. The van der Waals surface area contributed by atoms with Gasteiger partial charge in [0.2, 0.25) is 5.75 Å². The minimum atomic E-state index is -0.495. The number of hydrogen-bond acceptors (Lipinski definition) is 9. The molecule has 0 radical (unpaired) electrons. The Hall–Kier alpha value is -5.96. The zero-order chi connectivity index (χ0) is 62.2. The fourth-order valence-corrected chi connectivity index (χ4v) is 11.1. The van der Waals surface area contributed by atoms with Gasteiger partial charge in [-0.2, -0.15) is 0 Å². The molecule has 0 amide bonds. The molecule has 0 aromatic heterocycles. The Morgan fingerprint density at radius 1 is 0.273 bits per heavy atom. The molecule has 9 nitrogen and oxygen atoms in total. The standard InChI is InChI=1S/C79H116O9/c1-5-9-13-17-21-25-28-32-36-40-60-83-75-63-70(64-76(84-61-41-37-33-29-26-22-18-14-10-6-2)77(75)85-62-42-38-34-30-27-23-19-15-11-7-3)79(81)88-74-57-47-68(48-58-74)67-45-55-73(56-46-67)87-78(80)69-49-53-72(54-50-69)86-65-66-43-51-71(52-44-66)82-59-39-35-31-24-20-16-12-8-4/h43-58,63-64H,5-42,59-62,65H2,1-4H3. The molecule has 0 saturated carbocycles. The van der Waals surface area contributed by atoms with E-state index >= 15 is 0 Å². The Bertz CT molecular complexity index is 2470. The Kier molecular flexibility index (Phi) is 39.7. The van der Waals surface area contributed by atoms with E-state index in [9.17, 15) is 9.59 Å². The van der Waals surface area contributed by atoms with Gasteiger partial charge in [0.1, 0.15) is 29.6 Å². The minimum absolute atomic E-state index is 0.355. The van der Waals surface area contributed by atoms with E-state index in [0.29, 0.717) is 72.1 Å². The molecule has 0 spiro atoms. The summed E-state index contributed by atoms with van der Waals surface area (Å²) in [6, 6.07) is 33.4. The van der Waals surface area contributed by atoms with E-state index in [1.807, 2.05) is 48.5 Å². The van der Waals surface area contributed by atoms with Crippen LogP contribution < -0.4 is 33.2 Å². The maximum absolute atomic E-state index is 14.1. The molecule has 0 saturated heterocycles. The molecule has 0 atom stereocenters. The molecular weight excluding hydrogens is 1090 g/mol. The lowest BCUT2D eigenvalue weighted by atomic mass is 10.1. The van der Waals surface area contributed by atoms with E-state index < -0.39 is 11.9 Å². The van der Waals surface area contributed by atoms with E-state index in [0.717, 1.165) is 74.0 Å². The maximum atomic E-state index is 14.1. The van der Waals surface area contributed by atoms with Crippen molar-refractivity contribution in [2.75, 3.05) is 26.4 Å². The van der Waals surface area contributed by atoms with E-state index in [1.165, 1.54) is 199 Å². The summed E-state index contributed by atoms with van der Waals surface area (Å²) in [6.45, 7) is 11.8. The number of carbonyl (C=O) groups is 2. The van der Waals surface area contributed by atoms with Crippen LogP contribution in [0.1, 0.15) is 298 Å². The second-order valence-corrected chi connectivity index (χ2v) is 24.5. The van der Waals surface area contributed by atoms with Crippen LogP contribution in [0.2, 0.25) is 0 Å². The fourth-order valence-electron chi connectivity index (χ4n) is 11.1. The minimum Gasteiger partial charge on any atom is -0.494 e. The van der Waals surface area contributed by atoms with Crippen molar-refractivity contribution in [1.82, 2.24) is 0 Å². The monoisotopic (exact) mass is 1210 g/mol. The summed E-state index contributed by atoms with van der Waals surface area (Å²) in [6.07, 6.45) is 47.5. The highest BCUT2D eigenvalue weighted by molar-refractivity contribution is 5.93. The van der Waals surface area contributed by atoms with Crippen molar-refractivity contribution in [3.63, 3.8) is 0 Å². The fraction of sp³-hybridized carbons (Fsp3) is 0.595. The summed E-state index contributed by atoms with van der Waals surface area (Å²) in [4.78, 5) is 27.3. The average Bonchev–Trinajstić information content (AvgIpc) is 3.23. The van der Waals surface area contributed by atoms with Crippen LogP contribution in [-0.2, 0) is 6.61 Å². The van der Waals surface area contributed by atoms with Crippen molar-refractivity contribution in [3.05, 3.63) is 126 Å². The van der Waals surface area contributed by atoms with Crippen molar-refractivity contribution >= 4 is 11.9 Å². The van der Waals surface area contributed by atoms with Crippen LogP contribution in [-0.4, -0.2) is 38.4 Å². The van der Waals surface area contributed by atoms with Gasteiger partial charge >= 0.3 is 11.9 Å². The van der Waals surface area contributed by atoms with E-state index in [1.54, 1.807) is 60.7 Å². The average molecular weight is 1210 g/mol. The highest BCUT2D eigenvalue weighted by Gasteiger charge is 2.21. The summed E-state index contributed by atoms with van der Waals surface area (Å²) < 4.78 is 43.5. The topological polar surface area (TPSA) is 98.8 Å². The molecule has 9 heteroatoms. The Morgan fingerprint density at radius 2 is 0.557 bits per heavy atom. The van der Waals surface area contributed by atoms with Crippen molar-refractivity contribution in [3.8, 4) is 51.4 Å². The number of hydrogen-bond donors (Lipinski definition) is 0. The Labute approximate surface area is 534 Å². The van der Waals surface area contributed by atoms with Crippen molar-refractivity contribution in [1.29, 1.82) is 0 Å². The largest absolute Gasteiger partial charge is 0.494 e. The highest BCUT2D eigenvalue weighted by Crippen LogP contribution is 2.40. The van der Waals surface area contributed by atoms with E-state index in [2.05, 4.69) is 27.7 Å². The molecule has 0 fully saturated rings. The van der Waals surface area contributed by atoms with Crippen LogP contribution in [0.4, 0.5) is 0 Å². The highest BCUT2D eigenvalue weighted by atomic mass is 16.6. The third-order valence-corrected chi connectivity index (χ3v) is 16.7. The van der Waals surface area contributed by atoms with Gasteiger partial charge in [0, 0.05) is 0 Å². The summed E-state index contributed by atoms with van der Waals surface area (Å²) in [5, 5.41) is 0. The first-order valence-electron chi connectivity index (χ1n) is 35.6. The number of benzene rings is 5. The molecule has 0 aliphatic rings. The number of unbranched alkanes of at least 4 members (excludes halogenated alkanes) is 34. The Balaban J connectivity index is 1.15. The first-order chi connectivity index (χ1) is 43.4. The zero-order valence-corrected chi connectivity index (χ0v) is 55.5. The van der Waals surface area contributed by atoms with Gasteiger partial charge in [-0.1, -0.05) is 282 Å². The molecule has 0 N–H and O–H groups in total. The molecule has 486 valence electrons. The van der Waals surface area contributed by atoms with Crippen molar-refractivity contribution in [2.24, 2.45) is 0 Å². The lowest BCUT2D eigenvalue weighted by molar-refractivity contribution is 0.0724. The van der Waals surface area contributed by atoms with Gasteiger partial charge in [-0.05, 0) is 115 Å². The summed E-state index contributed by atoms with van der Waals surface area (Å²) in [5.74, 6) is 3.08. The predicted octanol–water partition coefficient (Wildman–Crippen LogP) is 23.8. The van der Waals surface area contributed by atoms with Crippen LogP contribution in [0.15, 0.2) is 109 Å². The van der Waals surface area contributed by atoms with Gasteiger partial charge in [-0.3, -0.25) is 0 Å². The number of rotatable bonds is 54. The molecule has 0 aliphatic carbocycles. The molecule has 5 rings (SSSR count). The van der Waals surface area contributed by atoms with Gasteiger partial charge in [-0.25, -0.2) is 9.59 Å². The van der Waals surface area contributed by atoms with Crippen LogP contribution in [0.5, 0.6) is 40.2 Å². The Morgan fingerprint density at radius 3 is 0.920 bits per heavy atom. The quantitative estimate of drug-likeness (QED) is 0.0214. The molecule has 0 bridgehead atoms. The van der Waals surface area contributed by atoms with Crippen molar-refractivity contribution in [2.45, 2.75) is 278 Å². The van der Waals surface area contributed by atoms with Crippen LogP contribution in [0, 0.1) is 0 Å². The van der Waals surface area contributed by atoms with Gasteiger partial charge in [0.05, 0.1) is 37.6 Å². The molecule has 88 heavy (non-hydrogen) atoms. The first kappa shape index (κ1) is 72.8. The lowest BCUT2D eigenvalue weighted by Crippen LogP contribution is -2.12. The molecule has 0 heterocycles. The molecule has 0 aliphatic heterocycles. The van der Waals surface area contributed by atoms with E-state index in [-0.39, 0.29) is 0 Å². The summed E-state index contributed by atoms with van der Waals surface area (Å²) in [7, 11) is 0. The molecular formula is C79H116O9. The molecule has 0 unspecified atom stereocenters. The predicted molar refractivity (Wildman–Crippen MR) is 366 cm³/mol. The maximum Gasteiger partial charge on any atom is 0.343 e. The third-order valence-electron chi connectivity index (χ3n) is 16.7. The number of carbonyl (C=O) groups excluding carboxylic acids is 2. The van der Waals surface area contributed by atoms with Crippen LogP contribution >= 0.6 is 0 Å². The van der Waals surface area contributed by atoms with Crippen molar-refractivity contribution < 1.29 is 42.7 Å². The molecule has 5 aromatic carbocycles. The molecule has 5 aromatic rings. The van der Waals surface area contributed by atoms with Gasteiger partial charge in [-0.15, -0.1) is 0 Å². The zero-order valence-electron chi connectivity index (χ0n) is 55.5.